The molecule has 1 aliphatic rings. The van der Waals surface area contributed by atoms with E-state index < -0.39 is 0 Å². The second-order valence-corrected chi connectivity index (χ2v) is 6.95. The monoisotopic (exact) mass is 343 g/mol. The van der Waals surface area contributed by atoms with E-state index >= 15 is 0 Å². The number of rotatable bonds is 5. The Morgan fingerprint density at radius 1 is 1.29 bits per heavy atom. The molecular formula is C17H21N5OS. The highest BCUT2D eigenvalue weighted by atomic mass is 32.2. The molecule has 2 aromatic rings. The van der Waals surface area contributed by atoms with Crippen LogP contribution in [0.2, 0.25) is 0 Å². The van der Waals surface area contributed by atoms with E-state index in [4.69, 9.17) is 10.7 Å². The van der Waals surface area contributed by atoms with Crippen molar-refractivity contribution in [2.75, 3.05) is 23.9 Å². The Labute approximate surface area is 145 Å². The molecule has 0 bridgehead atoms. The van der Waals surface area contributed by atoms with E-state index in [2.05, 4.69) is 21.9 Å². The number of carbonyl (C=O) groups is 1. The van der Waals surface area contributed by atoms with Gasteiger partial charge in [0, 0.05) is 23.9 Å². The summed E-state index contributed by atoms with van der Waals surface area (Å²) in [4.78, 5) is 20.6. The number of benzene rings is 1. The third kappa shape index (κ3) is 3.46. The van der Waals surface area contributed by atoms with Gasteiger partial charge in [-0.3, -0.25) is 0 Å². The van der Waals surface area contributed by atoms with Gasteiger partial charge in [-0.15, -0.1) is 0 Å². The average molecular weight is 343 g/mol. The summed E-state index contributed by atoms with van der Waals surface area (Å²) < 4.78 is 0.103. The Morgan fingerprint density at radius 2 is 2.00 bits per heavy atom. The number of hydrogen-bond acceptors (Lipinski definition) is 5. The van der Waals surface area contributed by atoms with Gasteiger partial charge in [0.05, 0.1) is 10.4 Å². The van der Waals surface area contributed by atoms with Gasteiger partial charge in [-0.2, -0.15) is 11.8 Å². The molecule has 0 aliphatic heterocycles. The number of anilines is 2. The maximum atomic E-state index is 11.5. The summed E-state index contributed by atoms with van der Waals surface area (Å²) >= 11 is 1.82. The summed E-state index contributed by atoms with van der Waals surface area (Å²) in [5, 5.41) is 5.46. The second-order valence-electron chi connectivity index (χ2n) is 5.76. The first-order valence-corrected chi connectivity index (χ1v) is 9.14. The topological polar surface area (TPSA) is 92.9 Å². The Hall–Kier alpha value is -2.28. The lowest BCUT2D eigenvalue weighted by Gasteiger charge is -2.13. The van der Waals surface area contributed by atoms with Gasteiger partial charge in [-0.1, -0.05) is 0 Å². The van der Waals surface area contributed by atoms with Gasteiger partial charge in [0.2, 0.25) is 0 Å². The number of nitrogens with two attached hydrogens (primary N) is 1. The molecule has 4 N–H and O–H groups in total. The number of hydrogen-bond donors (Lipinski definition) is 3. The van der Waals surface area contributed by atoms with Crippen LogP contribution in [0.4, 0.5) is 16.3 Å². The Morgan fingerprint density at radius 3 is 2.58 bits per heavy atom. The van der Waals surface area contributed by atoms with Gasteiger partial charge in [-0.05, 0) is 50.3 Å². The van der Waals surface area contributed by atoms with Crippen LogP contribution in [0.5, 0.6) is 0 Å². The van der Waals surface area contributed by atoms with E-state index in [9.17, 15) is 4.79 Å². The molecular weight excluding hydrogens is 322 g/mol. The zero-order chi connectivity index (χ0) is 17.2. The van der Waals surface area contributed by atoms with Gasteiger partial charge in [0.25, 0.3) is 0 Å². The number of aromatic nitrogens is 2. The van der Waals surface area contributed by atoms with Gasteiger partial charge in [0.15, 0.2) is 5.82 Å². The Bertz CT molecular complexity index is 743. The van der Waals surface area contributed by atoms with Crippen molar-refractivity contribution in [3.63, 3.8) is 0 Å². The van der Waals surface area contributed by atoms with E-state index in [0.717, 1.165) is 29.8 Å². The molecule has 24 heavy (non-hydrogen) atoms. The van der Waals surface area contributed by atoms with Crippen molar-refractivity contribution < 1.29 is 4.79 Å². The summed E-state index contributed by atoms with van der Waals surface area (Å²) in [7, 11) is 0. The van der Waals surface area contributed by atoms with Crippen LogP contribution in [-0.2, 0) is 4.75 Å². The third-order valence-electron chi connectivity index (χ3n) is 4.05. The van der Waals surface area contributed by atoms with Crippen LogP contribution >= 0.6 is 11.8 Å². The Balaban J connectivity index is 1.83. The smallest absolute Gasteiger partial charge is 0.319 e. The molecule has 0 atom stereocenters. The lowest BCUT2D eigenvalue weighted by molar-refractivity contribution is 0.252. The summed E-state index contributed by atoms with van der Waals surface area (Å²) in [6.45, 7) is 2.46. The first-order valence-electron chi connectivity index (χ1n) is 7.92. The van der Waals surface area contributed by atoms with Crippen molar-refractivity contribution in [1.29, 1.82) is 0 Å². The number of carbonyl (C=O) groups excluding carboxylic acids is 1. The lowest BCUT2D eigenvalue weighted by atomic mass is 10.1. The minimum atomic E-state index is -0.219. The van der Waals surface area contributed by atoms with Crippen LogP contribution in [0.25, 0.3) is 11.4 Å². The molecule has 1 fully saturated rings. The number of urea groups is 1. The second kappa shape index (κ2) is 6.68. The largest absolute Gasteiger partial charge is 0.384 e. The molecule has 1 heterocycles. The number of thioether (sulfide) groups is 1. The molecule has 0 radical (unpaired) electrons. The summed E-state index contributed by atoms with van der Waals surface area (Å²) in [5.41, 5.74) is 8.58. The molecule has 6 nitrogen and oxygen atoms in total. The molecule has 0 saturated heterocycles. The van der Waals surface area contributed by atoms with Crippen LogP contribution in [0.15, 0.2) is 30.3 Å². The predicted octanol–water partition coefficient (Wildman–Crippen LogP) is 3.22. The number of nitrogen functional groups attached to an aromatic ring is 1. The highest BCUT2D eigenvalue weighted by molar-refractivity contribution is 7.99. The maximum absolute atomic E-state index is 11.5. The first kappa shape index (κ1) is 16.6. The van der Waals surface area contributed by atoms with E-state index in [0.29, 0.717) is 18.2 Å². The van der Waals surface area contributed by atoms with Gasteiger partial charge in [-0.25, -0.2) is 14.8 Å². The molecule has 1 aliphatic carbocycles. The van der Waals surface area contributed by atoms with E-state index in [-0.39, 0.29) is 10.8 Å². The summed E-state index contributed by atoms with van der Waals surface area (Å²) in [6.07, 6.45) is 4.35. The minimum absolute atomic E-state index is 0.103. The van der Waals surface area contributed by atoms with Gasteiger partial charge < -0.3 is 16.4 Å². The van der Waals surface area contributed by atoms with E-state index in [1.807, 2.05) is 49.0 Å². The quantitative estimate of drug-likeness (QED) is 0.775. The lowest BCUT2D eigenvalue weighted by Crippen LogP contribution is -2.28. The molecule has 7 heteroatoms. The van der Waals surface area contributed by atoms with Crippen molar-refractivity contribution in [2.24, 2.45) is 0 Å². The standard InChI is InChI=1S/C17H21N5OS/c1-3-19-16(23)20-12-6-4-11(5-7-12)15-21-13(10-14(18)22-15)17(24-2)8-9-17/h4-7,10H,3,8-9H2,1-2H3,(H2,18,21,22)(H2,19,20,23). The highest BCUT2D eigenvalue weighted by Gasteiger charge is 2.45. The molecule has 3 rings (SSSR count). The molecule has 0 spiro atoms. The third-order valence-corrected chi connectivity index (χ3v) is 5.44. The van der Waals surface area contributed by atoms with Crippen molar-refractivity contribution in [2.45, 2.75) is 24.5 Å². The number of nitrogens with zero attached hydrogens (tertiary/aromatic N) is 2. The fourth-order valence-electron chi connectivity index (χ4n) is 2.55. The first-order chi connectivity index (χ1) is 11.6. The molecule has 2 amide bonds. The van der Waals surface area contributed by atoms with Crippen LogP contribution < -0.4 is 16.4 Å². The van der Waals surface area contributed by atoms with Gasteiger partial charge in [0.1, 0.15) is 5.82 Å². The molecule has 0 unspecified atom stereocenters. The molecule has 1 aromatic carbocycles. The van der Waals surface area contributed by atoms with Crippen LogP contribution in [-0.4, -0.2) is 28.8 Å². The van der Waals surface area contributed by atoms with Gasteiger partial charge >= 0.3 is 6.03 Å². The molecule has 1 saturated carbocycles. The fraction of sp³-hybridized carbons (Fsp3) is 0.353. The minimum Gasteiger partial charge on any atom is -0.384 e. The van der Waals surface area contributed by atoms with Crippen molar-refractivity contribution in [3.8, 4) is 11.4 Å². The number of amides is 2. The Kier molecular flexibility index (Phi) is 4.62. The highest BCUT2D eigenvalue weighted by Crippen LogP contribution is 2.55. The normalized spacial score (nSPS) is 14.9. The van der Waals surface area contributed by atoms with E-state index in [1.165, 1.54) is 0 Å². The van der Waals surface area contributed by atoms with Crippen LogP contribution in [0.1, 0.15) is 25.5 Å². The van der Waals surface area contributed by atoms with Crippen LogP contribution in [0, 0.1) is 0 Å². The molecule has 126 valence electrons. The maximum Gasteiger partial charge on any atom is 0.319 e. The predicted molar refractivity (Wildman–Crippen MR) is 99.0 cm³/mol. The fourth-order valence-corrected chi connectivity index (χ4v) is 3.37. The number of nitrogens with one attached hydrogen (secondary N) is 2. The zero-order valence-corrected chi connectivity index (χ0v) is 14.6. The van der Waals surface area contributed by atoms with Crippen molar-refractivity contribution in [3.05, 3.63) is 36.0 Å². The average Bonchev–Trinajstić information content (AvgIpc) is 3.36. The van der Waals surface area contributed by atoms with E-state index in [1.54, 1.807) is 0 Å². The van der Waals surface area contributed by atoms with Crippen molar-refractivity contribution in [1.82, 2.24) is 15.3 Å². The zero-order valence-electron chi connectivity index (χ0n) is 13.8. The SMILES string of the molecule is CCNC(=O)Nc1ccc(-c2nc(N)cc(C3(SC)CC3)n2)cc1. The van der Waals surface area contributed by atoms with Crippen LogP contribution in [0.3, 0.4) is 0 Å². The summed E-state index contributed by atoms with van der Waals surface area (Å²) in [5.74, 6) is 1.11. The summed E-state index contributed by atoms with van der Waals surface area (Å²) in [6, 6.07) is 9.09. The van der Waals surface area contributed by atoms with Crippen molar-refractivity contribution >= 4 is 29.3 Å². The molecule has 1 aromatic heterocycles.